The third-order valence-electron chi connectivity index (χ3n) is 10.8. The van der Waals surface area contributed by atoms with Crippen molar-refractivity contribution in [3.05, 3.63) is 47.3 Å². The largest absolute Gasteiger partial charge is 0.511 e. The van der Waals surface area contributed by atoms with Gasteiger partial charge in [0.2, 0.25) is 5.78 Å². The average Bonchev–Trinajstić information content (AvgIpc) is 3.09. The molecule has 1 saturated carbocycles. The number of ether oxygens (including phenoxy) is 1. The monoisotopic (exact) mass is 524 g/mol. The quantitative estimate of drug-likeness (QED) is 0.266. The summed E-state index contributed by atoms with van der Waals surface area (Å²) >= 11 is 0. The van der Waals surface area contributed by atoms with Crippen LogP contribution in [0.15, 0.2) is 47.3 Å². The van der Waals surface area contributed by atoms with E-state index in [1.807, 2.05) is 19.9 Å². The van der Waals surface area contributed by atoms with Gasteiger partial charge in [-0.25, -0.2) is 4.79 Å². The second-order valence-corrected chi connectivity index (χ2v) is 13.4. The molecule has 1 spiro atoms. The van der Waals surface area contributed by atoms with Gasteiger partial charge in [-0.1, -0.05) is 64.5 Å². The van der Waals surface area contributed by atoms with Crippen LogP contribution in [0.1, 0.15) is 73.1 Å². The van der Waals surface area contributed by atoms with E-state index in [-0.39, 0.29) is 53.9 Å². The maximum absolute atomic E-state index is 14.5. The average molecular weight is 525 g/mol. The second kappa shape index (κ2) is 9.48. The van der Waals surface area contributed by atoms with Crippen LogP contribution in [-0.4, -0.2) is 45.4 Å². The van der Waals surface area contributed by atoms with Crippen LogP contribution in [0.25, 0.3) is 0 Å². The minimum atomic E-state index is -1.50. The van der Waals surface area contributed by atoms with E-state index in [1.165, 1.54) is 0 Å². The molecule has 1 saturated heterocycles. The fraction of sp³-hybridized carbons (Fsp3) is 0.688. The van der Waals surface area contributed by atoms with Gasteiger partial charge in [0.1, 0.15) is 11.3 Å². The lowest BCUT2D eigenvalue weighted by atomic mass is 9.52. The van der Waals surface area contributed by atoms with Gasteiger partial charge in [0.25, 0.3) is 0 Å². The highest BCUT2D eigenvalue weighted by Gasteiger charge is 2.66. The molecule has 0 aromatic rings. The summed E-state index contributed by atoms with van der Waals surface area (Å²) in [6.07, 6.45) is 14.0. The summed E-state index contributed by atoms with van der Waals surface area (Å²) in [6.45, 7) is 9.86. The fourth-order valence-electron chi connectivity index (χ4n) is 8.73. The molecule has 0 unspecified atom stereocenters. The van der Waals surface area contributed by atoms with Gasteiger partial charge in [-0.2, -0.15) is 0 Å². The van der Waals surface area contributed by atoms with Crippen LogP contribution in [0.2, 0.25) is 0 Å². The molecule has 6 nitrogen and oxygen atoms in total. The molecule has 5 rings (SSSR count). The Hall–Kier alpha value is -2.18. The minimum absolute atomic E-state index is 0.0717. The van der Waals surface area contributed by atoms with Crippen LogP contribution < -0.4 is 0 Å². The number of hydrogen-bond donors (Lipinski definition) is 3. The highest BCUT2D eigenvalue weighted by atomic mass is 16.6. The maximum Gasteiger partial charge on any atom is 0.346 e. The molecule has 3 N–H and O–H groups in total. The number of allylic oxidation sites excluding steroid dienone is 5. The highest BCUT2D eigenvalue weighted by Crippen LogP contribution is 2.60. The molecular weight excluding hydrogens is 480 g/mol. The molecule has 6 heteroatoms. The lowest BCUT2D eigenvalue weighted by Crippen LogP contribution is -2.55. The first-order valence-corrected chi connectivity index (χ1v) is 14.4. The van der Waals surface area contributed by atoms with Crippen LogP contribution in [0, 0.1) is 46.3 Å². The van der Waals surface area contributed by atoms with Crippen LogP contribution in [0.3, 0.4) is 0 Å². The first kappa shape index (κ1) is 27.4. The molecule has 1 aliphatic heterocycles. The summed E-state index contributed by atoms with van der Waals surface area (Å²) in [5, 5.41) is 32.5. The first-order valence-electron chi connectivity index (χ1n) is 14.4. The van der Waals surface area contributed by atoms with Crippen molar-refractivity contribution >= 4 is 11.8 Å². The number of ketones is 1. The van der Waals surface area contributed by atoms with Gasteiger partial charge in [-0.05, 0) is 73.7 Å². The second-order valence-electron chi connectivity index (χ2n) is 13.4. The lowest BCUT2D eigenvalue weighted by molar-refractivity contribution is -0.166. The van der Waals surface area contributed by atoms with Crippen LogP contribution in [-0.2, 0) is 14.3 Å². The topological polar surface area (TPSA) is 104 Å². The van der Waals surface area contributed by atoms with E-state index in [1.54, 1.807) is 6.92 Å². The van der Waals surface area contributed by atoms with Gasteiger partial charge in [0.05, 0.1) is 12.7 Å². The Morgan fingerprint density at radius 1 is 1.13 bits per heavy atom. The third-order valence-corrected chi connectivity index (χ3v) is 10.8. The Kier molecular flexibility index (Phi) is 6.83. The van der Waals surface area contributed by atoms with Crippen LogP contribution in [0.4, 0.5) is 0 Å². The number of carbonyl (C=O) groups is 2. The van der Waals surface area contributed by atoms with Gasteiger partial charge >= 0.3 is 5.97 Å². The van der Waals surface area contributed by atoms with Gasteiger partial charge in [0.15, 0.2) is 5.60 Å². The number of rotatable bonds is 3. The zero-order chi connectivity index (χ0) is 27.6. The molecule has 2 bridgehead atoms. The minimum Gasteiger partial charge on any atom is -0.511 e. The Balaban J connectivity index is 1.72. The molecule has 0 aromatic carbocycles. The molecule has 0 aromatic heterocycles. The summed E-state index contributed by atoms with van der Waals surface area (Å²) in [7, 11) is 0. The van der Waals surface area contributed by atoms with E-state index in [0.717, 1.165) is 24.8 Å². The van der Waals surface area contributed by atoms with Crippen molar-refractivity contribution in [2.24, 2.45) is 46.3 Å². The summed E-state index contributed by atoms with van der Waals surface area (Å²) in [5.74, 6) is -0.619. The van der Waals surface area contributed by atoms with Crippen LogP contribution >= 0.6 is 0 Å². The molecule has 2 fully saturated rings. The number of carbonyl (C=O) groups excluding carboxylic acids is 2. The van der Waals surface area contributed by atoms with Crippen molar-refractivity contribution in [2.75, 3.05) is 6.61 Å². The predicted octanol–water partition coefficient (Wildman–Crippen LogP) is 5.22. The Bertz CT molecular complexity index is 1130. The number of aliphatic hydroxyl groups is 3. The molecule has 10 atom stereocenters. The SMILES string of the molecule is C[C@H]1CC[C@@H]2[C@H](C=C[C@H]3[C@H](C)/C=C\C[C@]4(C)C=C(CO)[C@H](C[C@@H](C)O)C[C@]45OC(=O)/C(=C(/O)[C@@]23C)C5=O)C1. The zero-order valence-corrected chi connectivity index (χ0v) is 23.4. The van der Waals surface area contributed by atoms with Crippen molar-refractivity contribution in [1.82, 2.24) is 0 Å². The van der Waals surface area contributed by atoms with Crippen LogP contribution in [0.5, 0.6) is 0 Å². The van der Waals surface area contributed by atoms with E-state index in [0.29, 0.717) is 18.8 Å². The van der Waals surface area contributed by atoms with E-state index < -0.39 is 34.3 Å². The molecule has 1 heterocycles. The Morgan fingerprint density at radius 2 is 1.87 bits per heavy atom. The van der Waals surface area contributed by atoms with Crippen molar-refractivity contribution < 1.29 is 29.6 Å². The van der Waals surface area contributed by atoms with E-state index in [2.05, 4.69) is 38.2 Å². The number of fused-ring (bicyclic) bond motifs is 4. The standard InChI is InChI=1S/C32H44O6/c1-18-8-10-25-21(13-18)9-11-24-19(2)7-6-12-30(4)15-23(17-33)22(14-20(3)34)16-32(30)28(36)26(29(37)38-32)27(35)31(24,25)5/h6-7,9,11,15,18-22,24-25,33-35H,8,10,12-14,16-17H2,1-5H3/b7-6-,27-26+/t18-,19+,20+,21+,22+,24-,25+,30+,31+,32+/m0/s1. The molecule has 208 valence electrons. The molecule has 38 heavy (non-hydrogen) atoms. The van der Waals surface area contributed by atoms with E-state index in [9.17, 15) is 24.9 Å². The molecule has 0 radical (unpaired) electrons. The molecule has 5 aliphatic rings. The summed E-state index contributed by atoms with van der Waals surface area (Å²) < 4.78 is 6.12. The Labute approximate surface area is 226 Å². The van der Waals surface area contributed by atoms with Crippen molar-refractivity contribution in [3.63, 3.8) is 0 Å². The normalized spacial score (nSPS) is 48.1. The number of hydrogen-bond acceptors (Lipinski definition) is 6. The van der Waals surface area contributed by atoms with Gasteiger partial charge in [-0.15, -0.1) is 0 Å². The van der Waals surface area contributed by atoms with Gasteiger partial charge in [-0.3, -0.25) is 4.79 Å². The van der Waals surface area contributed by atoms with E-state index >= 15 is 0 Å². The predicted molar refractivity (Wildman–Crippen MR) is 145 cm³/mol. The number of aliphatic hydroxyl groups excluding tert-OH is 3. The smallest absolute Gasteiger partial charge is 0.346 e. The maximum atomic E-state index is 14.5. The van der Waals surface area contributed by atoms with Crippen molar-refractivity contribution in [2.45, 2.75) is 84.8 Å². The fourth-order valence-corrected chi connectivity index (χ4v) is 8.73. The zero-order valence-electron chi connectivity index (χ0n) is 23.4. The summed E-state index contributed by atoms with van der Waals surface area (Å²) in [6, 6.07) is 0. The summed E-state index contributed by atoms with van der Waals surface area (Å²) in [5.41, 5.74) is -2.62. The van der Waals surface area contributed by atoms with Crippen molar-refractivity contribution in [1.29, 1.82) is 0 Å². The lowest BCUT2D eigenvalue weighted by Gasteiger charge is -2.52. The van der Waals surface area contributed by atoms with Crippen molar-refractivity contribution in [3.8, 4) is 0 Å². The number of Topliss-reactive ketones (excluding diaryl/α,β-unsaturated/α-hetero) is 1. The summed E-state index contributed by atoms with van der Waals surface area (Å²) in [4.78, 5) is 28.2. The van der Waals surface area contributed by atoms with Gasteiger partial charge < -0.3 is 20.1 Å². The molecular formula is C32H44O6. The van der Waals surface area contributed by atoms with Gasteiger partial charge in [0, 0.05) is 17.3 Å². The highest BCUT2D eigenvalue weighted by molar-refractivity contribution is 6.26. The molecule has 0 amide bonds. The third kappa shape index (κ3) is 3.89. The van der Waals surface area contributed by atoms with E-state index in [4.69, 9.17) is 4.74 Å². The Morgan fingerprint density at radius 3 is 2.55 bits per heavy atom. The molecule has 4 aliphatic carbocycles. The number of esters is 1. The first-order chi connectivity index (χ1) is 17.9.